The standard InChI is InChI=1S/C27H26ClF4N3O3/c1-15-12-22(36)35-25(34-15)23-20(27(30,31)32)11-8-17(24(23)29)13-33-26(37)16-6-9-19(10-7-16)38-14-18-4-2-3-5-21(18)28/h2-5,8,11-12,16,19H,6-7,9-10,13-14H2,1H3,(H,33,37)(H,34,35,36). The minimum atomic E-state index is -4.88. The van der Waals surface area contributed by atoms with Crippen molar-refractivity contribution in [1.82, 2.24) is 15.3 Å². The molecule has 2 N–H and O–H groups in total. The van der Waals surface area contributed by atoms with Crippen molar-refractivity contribution in [2.24, 2.45) is 5.92 Å². The van der Waals surface area contributed by atoms with Crippen LogP contribution >= 0.6 is 11.6 Å². The lowest BCUT2D eigenvalue weighted by Gasteiger charge is -2.28. The number of nitrogens with one attached hydrogen (secondary N) is 2. The normalized spacial score (nSPS) is 17.8. The van der Waals surface area contributed by atoms with Gasteiger partial charge in [-0.1, -0.05) is 35.9 Å². The van der Waals surface area contributed by atoms with Crippen LogP contribution < -0.4 is 10.9 Å². The van der Waals surface area contributed by atoms with Crippen LogP contribution in [0.15, 0.2) is 47.3 Å². The summed E-state index contributed by atoms with van der Waals surface area (Å²) in [5, 5.41) is 3.27. The van der Waals surface area contributed by atoms with Crippen LogP contribution in [0.4, 0.5) is 17.6 Å². The predicted octanol–water partition coefficient (Wildman–Crippen LogP) is 5.95. The maximum absolute atomic E-state index is 15.4. The fourth-order valence-electron chi connectivity index (χ4n) is 4.56. The molecule has 1 amide bonds. The molecule has 0 saturated heterocycles. The van der Waals surface area contributed by atoms with Gasteiger partial charge >= 0.3 is 6.18 Å². The van der Waals surface area contributed by atoms with E-state index in [2.05, 4.69) is 15.3 Å². The SMILES string of the molecule is Cc1cc(=O)[nH]c(-c2c(C(F)(F)F)ccc(CNC(=O)C3CCC(OCc4ccccc4Cl)CC3)c2F)n1. The van der Waals surface area contributed by atoms with E-state index in [1.165, 1.54) is 6.92 Å². The number of hydrogen-bond donors (Lipinski definition) is 2. The van der Waals surface area contributed by atoms with E-state index in [4.69, 9.17) is 16.3 Å². The molecule has 3 aromatic rings. The fraction of sp³-hybridized carbons (Fsp3) is 0.370. The quantitative estimate of drug-likeness (QED) is 0.356. The lowest BCUT2D eigenvalue weighted by molar-refractivity contribution is -0.137. The molecule has 0 unspecified atom stereocenters. The average Bonchev–Trinajstić information content (AvgIpc) is 2.86. The van der Waals surface area contributed by atoms with Crippen molar-refractivity contribution in [3.05, 3.63) is 86.0 Å². The Morgan fingerprint density at radius 1 is 1.13 bits per heavy atom. The number of carbonyl (C=O) groups excluding carboxylic acids is 1. The molecule has 1 aromatic heterocycles. The molecule has 1 heterocycles. The van der Waals surface area contributed by atoms with Crippen molar-refractivity contribution in [3.8, 4) is 11.4 Å². The molecule has 1 aliphatic carbocycles. The second kappa shape index (κ2) is 11.7. The molecule has 0 aliphatic heterocycles. The number of nitrogens with zero attached hydrogens (tertiary/aromatic N) is 1. The van der Waals surface area contributed by atoms with E-state index in [9.17, 15) is 22.8 Å². The molecule has 0 atom stereocenters. The number of aromatic nitrogens is 2. The maximum atomic E-state index is 15.4. The van der Waals surface area contributed by atoms with E-state index in [0.717, 1.165) is 23.8 Å². The maximum Gasteiger partial charge on any atom is 0.417 e. The average molecular weight is 552 g/mol. The van der Waals surface area contributed by atoms with Crippen LogP contribution in [0.3, 0.4) is 0 Å². The minimum absolute atomic E-state index is 0.0192. The molecule has 0 radical (unpaired) electrons. The van der Waals surface area contributed by atoms with E-state index in [1.54, 1.807) is 6.07 Å². The Bertz CT molecular complexity index is 1370. The summed E-state index contributed by atoms with van der Waals surface area (Å²) < 4.78 is 62.2. The number of aromatic amines is 1. The number of rotatable bonds is 7. The second-order valence-corrected chi connectivity index (χ2v) is 9.70. The smallest absolute Gasteiger partial charge is 0.373 e. The number of alkyl halides is 3. The Hall–Kier alpha value is -3.24. The summed E-state index contributed by atoms with van der Waals surface area (Å²) in [5.41, 5.74) is -1.96. The summed E-state index contributed by atoms with van der Waals surface area (Å²) in [7, 11) is 0. The van der Waals surface area contributed by atoms with Crippen LogP contribution in [-0.2, 0) is 28.9 Å². The lowest BCUT2D eigenvalue weighted by Crippen LogP contribution is -2.34. The van der Waals surface area contributed by atoms with Gasteiger partial charge in [-0.05, 0) is 50.3 Å². The third-order valence-electron chi connectivity index (χ3n) is 6.56. The summed E-state index contributed by atoms with van der Waals surface area (Å²) in [6.45, 7) is 1.48. The van der Waals surface area contributed by atoms with Crippen LogP contribution in [-0.4, -0.2) is 22.0 Å². The minimum Gasteiger partial charge on any atom is -0.373 e. The number of ether oxygens (including phenoxy) is 1. The van der Waals surface area contributed by atoms with Gasteiger partial charge in [-0.3, -0.25) is 9.59 Å². The summed E-state index contributed by atoms with van der Waals surface area (Å²) in [4.78, 5) is 30.6. The summed E-state index contributed by atoms with van der Waals surface area (Å²) in [6.07, 6.45) is -2.45. The molecule has 1 aliphatic rings. The second-order valence-electron chi connectivity index (χ2n) is 9.29. The Labute approximate surface area is 221 Å². The van der Waals surface area contributed by atoms with Gasteiger partial charge in [0.15, 0.2) is 0 Å². The zero-order chi connectivity index (χ0) is 27.4. The Balaban J connectivity index is 1.40. The van der Waals surface area contributed by atoms with Crippen molar-refractivity contribution in [2.45, 2.75) is 58.0 Å². The van der Waals surface area contributed by atoms with E-state index >= 15 is 4.39 Å². The van der Waals surface area contributed by atoms with Crippen molar-refractivity contribution in [1.29, 1.82) is 0 Å². The van der Waals surface area contributed by atoms with Gasteiger partial charge in [0.25, 0.3) is 5.56 Å². The van der Waals surface area contributed by atoms with Crippen LogP contribution in [0.5, 0.6) is 0 Å². The number of halogens is 5. The van der Waals surface area contributed by atoms with E-state index in [-0.39, 0.29) is 35.7 Å². The summed E-state index contributed by atoms with van der Waals surface area (Å²) in [5.74, 6) is -2.35. The molecule has 1 saturated carbocycles. The number of carbonyl (C=O) groups is 1. The van der Waals surface area contributed by atoms with Crippen LogP contribution in [0, 0.1) is 18.7 Å². The summed E-state index contributed by atoms with van der Waals surface area (Å²) in [6, 6.07) is 10.2. The first-order valence-electron chi connectivity index (χ1n) is 12.1. The third-order valence-corrected chi connectivity index (χ3v) is 6.93. The van der Waals surface area contributed by atoms with Gasteiger partial charge < -0.3 is 15.0 Å². The molecule has 4 rings (SSSR count). The highest BCUT2D eigenvalue weighted by Gasteiger charge is 2.37. The molecule has 0 spiro atoms. The van der Waals surface area contributed by atoms with Crippen molar-refractivity contribution < 1.29 is 27.1 Å². The number of amides is 1. The van der Waals surface area contributed by atoms with Gasteiger partial charge in [0, 0.05) is 34.8 Å². The van der Waals surface area contributed by atoms with Gasteiger partial charge in [-0.15, -0.1) is 0 Å². The van der Waals surface area contributed by atoms with Gasteiger partial charge in [0.2, 0.25) is 5.91 Å². The van der Waals surface area contributed by atoms with E-state index in [1.807, 2.05) is 18.2 Å². The van der Waals surface area contributed by atoms with E-state index in [0.29, 0.717) is 37.3 Å². The molecule has 0 bridgehead atoms. The highest BCUT2D eigenvalue weighted by Crippen LogP contribution is 2.38. The molecule has 202 valence electrons. The first kappa shape index (κ1) is 27.8. The van der Waals surface area contributed by atoms with Crippen molar-refractivity contribution >= 4 is 17.5 Å². The Morgan fingerprint density at radius 2 is 1.84 bits per heavy atom. The zero-order valence-corrected chi connectivity index (χ0v) is 21.3. The van der Waals surface area contributed by atoms with Crippen LogP contribution in [0.25, 0.3) is 11.4 Å². The highest BCUT2D eigenvalue weighted by molar-refractivity contribution is 6.31. The topological polar surface area (TPSA) is 84.1 Å². The monoisotopic (exact) mass is 551 g/mol. The van der Waals surface area contributed by atoms with E-state index < -0.39 is 34.5 Å². The van der Waals surface area contributed by atoms with Gasteiger partial charge in [-0.2, -0.15) is 13.2 Å². The largest absolute Gasteiger partial charge is 0.417 e. The Kier molecular flexibility index (Phi) is 8.52. The number of aryl methyl sites for hydroxylation is 1. The molecular weight excluding hydrogens is 526 g/mol. The summed E-state index contributed by atoms with van der Waals surface area (Å²) >= 11 is 6.16. The molecular formula is C27H26ClF4N3O3. The predicted molar refractivity (Wildman–Crippen MR) is 134 cm³/mol. The van der Waals surface area contributed by atoms with Crippen LogP contribution in [0.1, 0.15) is 48.1 Å². The van der Waals surface area contributed by atoms with Gasteiger partial charge in [0.1, 0.15) is 11.6 Å². The lowest BCUT2D eigenvalue weighted by atomic mass is 9.86. The number of H-pyrrole nitrogens is 1. The molecule has 11 heteroatoms. The number of hydrogen-bond acceptors (Lipinski definition) is 4. The van der Waals surface area contributed by atoms with Crippen molar-refractivity contribution in [3.63, 3.8) is 0 Å². The number of benzene rings is 2. The molecule has 2 aromatic carbocycles. The third kappa shape index (κ3) is 6.60. The first-order chi connectivity index (χ1) is 18.0. The molecule has 6 nitrogen and oxygen atoms in total. The highest BCUT2D eigenvalue weighted by atomic mass is 35.5. The zero-order valence-electron chi connectivity index (χ0n) is 20.5. The van der Waals surface area contributed by atoms with Crippen LogP contribution in [0.2, 0.25) is 5.02 Å². The van der Waals surface area contributed by atoms with Gasteiger partial charge in [0.05, 0.1) is 23.8 Å². The van der Waals surface area contributed by atoms with Crippen molar-refractivity contribution in [2.75, 3.05) is 0 Å². The molecule has 38 heavy (non-hydrogen) atoms. The first-order valence-corrected chi connectivity index (χ1v) is 12.5. The fourth-order valence-corrected chi connectivity index (χ4v) is 4.75. The molecule has 1 fully saturated rings. The Morgan fingerprint density at radius 3 is 2.50 bits per heavy atom. The van der Waals surface area contributed by atoms with Gasteiger partial charge in [-0.25, -0.2) is 9.37 Å².